The Kier molecular flexibility index (Phi) is 11.8. The van der Waals surface area contributed by atoms with Crippen LogP contribution in [0, 0.1) is 44.5 Å². The van der Waals surface area contributed by atoms with Gasteiger partial charge in [-0.15, -0.1) is 0 Å². The number of benzene rings is 4. The standard InChI is InChI=1S/C40H44O12/c1-21(2)17-45-37(41)49-33-25-13-9-10-14-26(25)34(50-38(42)46-18-22(3)4)30-29(33)31-32(30)36(52-40(44)48-20-24(7)8)28-16-12-11-15-27(28)35(31)51-39(43)47-19-23(5)6/h9-16,21-24H,17-20H2,1-8H3. The quantitative estimate of drug-likeness (QED) is 0.0689. The van der Waals surface area contributed by atoms with Crippen LogP contribution in [0.15, 0.2) is 48.5 Å². The van der Waals surface area contributed by atoms with Crippen molar-refractivity contribution >= 4 is 46.2 Å². The van der Waals surface area contributed by atoms with Gasteiger partial charge in [-0.05, 0) is 23.7 Å². The molecule has 1 aliphatic rings. The van der Waals surface area contributed by atoms with E-state index in [-0.39, 0.29) is 94.0 Å². The molecule has 0 atom stereocenters. The first-order chi connectivity index (χ1) is 24.8. The first-order valence-corrected chi connectivity index (χ1v) is 17.3. The highest BCUT2D eigenvalue weighted by Gasteiger charge is 2.31. The summed E-state index contributed by atoms with van der Waals surface area (Å²) < 4.78 is 45.3. The normalized spacial score (nSPS) is 11.6. The van der Waals surface area contributed by atoms with Gasteiger partial charge in [0, 0.05) is 42.4 Å². The van der Waals surface area contributed by atoms with Gasteiger partial charge in [0.25, 0.3) is 0 Å². The van der Waals surface area contributed by atoms with E-state index in [2.05, 4.69) is 0 Å². The topological polar surface area (TPSA) is 142 Å². The first-order valence-electron chi connectivity index (χ1n) is 17.3. The summed E-state index contributed by atoms with van der Waals surface area (Å²) in [5.74, 6) is 0.269. The summed E-state index contributed by atoms with van der Waals surface area (Å²) in [4.78, 5) is 52.8. The molecule has 0 amide bonds. The molecule has 4 aromatic rings. The van der Waals surface area contributed by atoms with E-state index in [0.717, 1.165) is 0 Å². The van der Waals surface area contributed by atoms with Crippen molar-refractivity contribution in [3.63, 3.8) is 0 Å². The zero-order chi connectivity index (χ0) is 37.7. The van der Waals surface area contributed by atoms with Gasteiger partial charge in [0.1, 0.15) is 0 Å². The molecule has 0 radical (unpaired) electrons. The maximum Gasteiger partial charge on any atom is 0.513 e. The molecular weight excluding hydrogens is 672 g/mol. The van der Waals surface area contributed by atoms with Crippen LogP contribution < -0.4 is 18.9 Å². The minimum absolute atomic E-state index is 0.0268. The van der Waals surface area contributed by atoms with Gasteiger partial charge in [0.2, 0.25) is 0 Å². The summed E-state index contributed by atoms with van der Waals surface area (Å²) in [5, 5.41) is 2.44. The first kappa shape index (κ1) is 37.7. The average molecular weight is 717 g/mol. The van der Waals surface area contributed by atoms with Crippen molar-refractivity contribution in [2.24, 2.45) is 23.7 Å². The Morgan fingerprint density at radius 1 is 0.385 bits per heavy atom. The van der Waals surface area contributed by atoms with Gasteiger partial charge in [-0.2, -0.15) is 0 Å². The van der Waals surface area contributed by atoms with Crippen LogP contribution in [0.25, 0.3) is 21.5 Å². The van der Waals surface area contributed by atoms with Crippen molar-refractivity contribution in [2.75, 3.05) is 26.4 Å². The largest absolute Gasteiger partial charge is 0.513 e. The molecule has 0 spiro atoms. The monoisotopic (exact) mass is 716 g/mol. The lowest BCUT2D eigenvalue weighted by Gasteiger charge is -2.22. The molecule has 276 valence electrons. The molecule has 0 bridgehead atoms. The van der Waals surface area contributed by atoms with Crippen molar-refractivity contribution in [1.29, 1.82) is 0 Å². The predicted octanol–water partition coefficient (Wildman–Crippen LogP) is 9.57. The second-order valence-corrected chi connectivity index (χ2v) is 14.1. The molecule has 0 unspecified atom stereocenters. The maximum absolute atomic E-state index is 13.2. The number of ether oxygens (including phenoxy) is 8. The third-order valence-electron chi connectivity index (χ3n) is 7.62. The van der Waals surface area contributed by atoms with Crippen molar-refractivity contribution in [2.45, 2.75) is 55.4 Å². The number of rotatable bonds is 12. The molecule has 5 rings (SSSR count). The molecule has 0 saturated heterocycles. The van der Waals surface area contributed by atoms with Crippen molar-refractivity contribution in [1.82, 2.24) is 0 Å². The lowest BCUT2D eigenvalue weighted by molar-refractivity contribution is 0.0857. The van der Waals surface area contributed by atoms with E-state index in [4.69, 9.17) is 37.9 Å². The molecule has 1 aliphatic carbocycles. The molecule has 4 aromatic carbocycles. The smallest absolute Gasteiger partial charge is 0.434 e. The van der Waals surface area contributed by atoms with Gasteiger partial charge >= 0.3 is 24.6 Å². The molecule has 52 heavy (non-hydrogen) atoms. The molecule has 0 saturated carbocycles. The molecule has 12 heteroatoms. The third-order valence-corrected chi connectivity index (χ3v) is 7.62. The summed E-state index contributed by atoms with van der Waals surface area (Å²) in [6.45, 7) is 15.5. The van der Waals surface area contributed by atoms with Gasteiger partial charge in [-0.1, -0.05) is 104 Å². The number of carbonyl (C=O) groups is 4. The highest BCUT2D eigenvalue weighted by Crippen LogP contribution is 2.47. The highest BCUT2D eigenvalue weighted by molar-refractivity contribution is 6.00. The van der Waals surface area contributed by atoms with Gasteiger partial charge in [0.05, 0.1) is 26.4 Å². The van der Waals surface area contributed by atoms with Gasteiger partial charge in [0.15, 0.2) is 23.0 Å². The number of hydrogen-bond donors (Lipinski definition) is 0. The Balaban J connectivity index is 1.91. The summed E-state index contributed by atoms with van der Waals surface area (Å²) in [6, 6.07) is 13.6. The van der Waals surface area contributed by atoms with Crippen molar-refractivity contribution in [3.05, 3.63) is 69.4 Å². The molecular formula is C40H44O12. The molecule has 0 fully saturated rings. The van der Waals surface area contributed by atoms with E-state index >= 15 is 0 Å². The number of carbonyl (C=O) groups excluding carboxylic acids is 4. The Morgan fingerprint density at radius 3 is 0.750 bits per heavy atom. The van der Waals surface area contributed by atoms with Gasteiger partial charge in [-0.3, -0.25) is 0 Å². The fourth-order valence-electron chi connectivity index (χ4n) is 5.46. The van der Waals surface area contributed by atoms with Crippen LogP contribution >= 0.6 is 0 Å². The summed E-state index contributed by atoms with van der Waals surface area (Å²) in [5.41, 5.74) is 0. The zero-order valence-electron chi connectivity index (χ0n) is 30.7. The molecule has 0 heterocycles. The maximum atomic E-state index is 13.2. The van der Waals surface area contributed by atoms with Crippen LogP contribution in [-0.2, 0) is 18.9 Å². The SMILES string of the molecule is CC(C)COC(=O)Oc1c2c(c(OC(=O)OCC(C)C)c3ccccc13)=c1c(OC(=O)OCC(C)C)c3ccccc3c(OC(=O)OCC(C)C)c1=2. The molecule has 0 aliphatic heterocycles. The van der Waals surface area contributed by atoms with Crippen LogP contribution in [0.2, 0.25) is 0 Å². The fourth-order valence-corrected chi connectivity index (χ4v) is 5.46. The lowest BCUT2D eigenvalue weighted by Crippen LogP contribution is -2.19. The van der Waals surface area contributed by atoms with Crippen molar-refractivity contribution < 1.29 is 57.1 Å². The van der Waals surface area contributed by atoms with Crippen molar-refractivity contribution in [3.8, 4) is 23.0 Å². The van der Waals surface area contributed by atoms with E-state index in [1.54, 1.807) is 48.5 Å². The highest BCUT2D eigenvalue weighted by atomic mass is 16.7. The Hall–Kier alpha value is -5.52. The average Bonchev–Trinajstić information content (AvgIpc) is 3.08. The predicted molar refractivity (Wildman–Crippen MR) is 190 cm³/mol. The van der Waals surface area contributed by atoms with E-state index in [1.807, 2.05) is 55.4 Å². The fraction of sp³-hybridized carbons (Fsp3) is 0.400. The van der Waals surface area contributed by atoms with Gasteiger partial charge < -0.3 is 37.9 Å². The van der Waals surface area contributed by atoms with Crippen LogP contribution in [-0.4, -0.2) is 51.0 Å². The minimum atomic E-state index is -0.979. The molecule has 0 N–H and O–H groups in total. The lowest BCUT2D eigenvalue weighted by atomic mass is 9.91. The van der Waals surface area contributed by atoms with E-state index in [0.29, 0.717) is 21.5 Å². The van der Waals surface area contributed by atoms with E-state index in [1.165, 1.54) is 0 Å². The zero-order valence-corrected chi connectivity index (χ0v) is 30.7. The van der Waals surface area contributed by atoms with E-state index in [9.17, 15) is 19.2 Å². The van der Waals surface area contributed by atoms with E-state index < -0.39 is 24.6 Å². The molecule has 0 aromatic heterocycles. The Bertz CT molecular complexity index is 1870. The number of fused-ring (bicyclic) bond motifs is 4. The number of hydrogen-bond acceptors (Lipinski definition) is 12. The molecule has 12 nitrogen and oxygen atoms in total. The minimum Gasteiger partial charge on any atom is -0.434 e. The third kappa shape index (κ3) is 8.33. The summed E-state index contributed by atoms with van der Waals surface area (Å²) >= 11 is 0. The van der Waals surface area contributed by atoms with Crippen LogP contribution in [0.3, 0.4) is 0 Å². The summed E-state index contributed by atoms with van der Waals surface area (Å²) in [7, 11) is 0. The van der Waals surface area contributed by atoms with Crippen LogP contribution in [0.4, 0.5) is 19.2 Å². The van der Waals surface area contributed by atoms with Crippen LogP contribution in [0.5, 0.6) is 23.0 Å². The van der Waals surface area contributed by atoms with Gasteiger partial charge in [-0.25, -0.2) is 19.2 Å². The van der Waals surface area contributed by atoms with Crippen LogP contribution in [0.1, 0.15) is 55.4 Å². The summed E-state index contributed by atoms with van der Waals surface area (Å²) in [6.07, 6.45) is -3.92. The Morgan fingerprint density at radius 2 is 0.577 bits per heavy atom. The Labute approximate surface area is 300 Å². The second kappa shape index (κ2) is 16.2. The second-order valence-electron chi connectivity index (χ2n) is 14.1.